The minimum atomic E-state index is -0.818. The Morgan fingerprint density at radius 2 is 2.09 bits per heavy atom. The average Bonchev–Trinajstić information content (AvgIpc) is 3.09. The molecule has 3 aliphatic rings. The Labute approximate surface area is 139 Å². The molecule has 7 nitrogen and oxygen atoms in total. The monoisotopic (exact) mass is 378 g/mol. The second-order valence-corrected chi connectivity index (χ2v) is 6.95. The molecule has 2 fully saturated rings. The highest BCUT2D eigenvalue weighted by Gasteiger charge is 2.66. The average molecular weight is 379 g/mol. The summed E-state index contributed by atoms with van der Waals surface area (Å²) >= 11 is 3.17. The SMILES string of the molecule is C[C@@]12C=C[C@@H](O1)[C@@H]1C(=O)N(c3ccc(Br)cc3[N+](=O)[O-])C(=O)[C@@H]12. The quantitative estimate of drug-likeness (QED) is 0.340. The zero-order valence-electron chi connectivity index (χ0n) is 11.9. The summed E-state index contributed by atoms with van der Waals surface area (Å²) < 4.78 is 6.23. The molecular formula is C15H11BrN2O5. The van der Waals surface area contributed by atoms with E-state index in [-0.39, 0.29) is 11.4 Å². The molecule has 2 bridgehead atoms. The highest BCUT2D eigenvalue weighted by Crippen LogP contribution is 2.53. The van der Waals surface area contributed by atoms with E-state index < -0.39 is 40.3 Å². The number of nitro groups is 1. The molecule has 0 saturated carbocycles. The lowest BCUT2D eigenvalue weighted by Crippen LogP contribution is -2.38. The molecule has 0 spiro atoms. The van der Waals surface area contributed by atoms with Crippen molar-refractivity contribution < 1.29 is 19.2 Å². The Kier molecular flexibility index (Phi) is 2.83. The van der Waals surface area contributed by atoms with Gasteiger partial charge in [0.1, 0.15) is 5.69 Å². The molecule has 0 unspecified atom stereocenters. The first-order chi connectivity index (χ1) is 10.8. The van der Waals surface area contributed by atoms with Crippen molar-refractivity contribution in [3.63, 3.8) is 0 Å². The van der Waals surface area contributed by atoms with Crippen LogP contribution in [0.2, 0.25) is 0 Å². The number of halogens is 1. The van der Waals surface area contributed by atoms with Gasteiger partial charge in [-0.1, -0.05) is 28.1 Å². The maximum Gasteiger partial charge on any atom is 0.294 e. The minimum Gasteiger partial charge on any atom is -0.362 e. The van der Waals surface area contributed by atoms with E-state index in [4.69, 9.17) is 4.74 Å². The fourth-order valence-corrected chi connectivity index (χ4v) is 4.07. The van der Waals surface area contributed by atoms with E-state index in [0.717, 1.165) is 4.90 Å². The maximum atomic E-state index is 12.8. The van der Waals surface area contributed by atoms with Gasteiger partial charge in [0.15, 0.2) is 0 Å². The second-order valence-electron chi connectivity index (χ2n) is 6.03. The second kappa shape index (κ2) is 4.48. The van der Waals surface area contributed by atoms with Crippen LogP contribution >= 0.6 is 15.9 Å². The van der Waals surface area contributed by atoms with Crippen molar-refractivity contribution in [2.75, 3.05) is 4.90 Å². The number of carbonyl (C=O) groups is 2. The van der Waals surface area contributed by atoms with Crippen LogP contribution < -0.4 is 4.90 Å². The minimum absolute atomic E-state index is 0.00519. The van der Waals surface area contributed by atoms with Crippen LogP contribution in [-0.4, -0.2) is 28.4 Å². The van der Waals surface area contributed by atoms with E-state index >= 15 is 0 Å². The molecule has 3 heterocycles. The standard InChI is InChI=1S/C15H11BrN2O5/c1-15-5-4-10(23-15)11-12(15)14(20)17(13(11)19)8-3-2-7(16)6-9(8)18(21)22/h2-6,10-12H,1H3/t10-,11+,12-,15+/m1/s1. The van der Waals surface area contributed by atoms with Crippen molar-refractivity contribution in [1.82, 2.24) is 0 Å². The van der Waals surface area contributed by atoms with Crippen LogP contribution in [-0.2, 0) is 14.3 Å². The predicted octanol–water partition coefficient (Wildman–Crippen LogP) is 2.19. The molecule has 118 valence electrons. The first-order valence-electron chi connectivity index (χ1n) is 7.02. The maximum absolute atomic E-state index is 12.8. The number of anilines is 1. The van der Waals surface area contributed by atoms with Crippen molar-refractivity contribution in [3.8, 4) is 0 Å². The molecule has 8 heteroatoms. The lowest BCUT2D eigenvalue weighted by molar-refractivity contribution is -0.384. The number of nitrogens with zero attached hydrogens (tertiary/aromatic N) is 2. The molecule has 4 rings (SSSR count). The summed E-state index contributed by atoms with van der Waals surface area (Å²) in [5.41, 5.74) is -1.10. The highest BCUT2D eigenvalue weighted by molar-refractivity contribution is 9.10. The van der Waals surface area contributed by atoms with Gasteiger partial charge in [0.05, 0.1) is 28.5 Å². The molecule has 1 aromatic rings. The Balaban J connectivity index is 1.83. The van der Waals surface area contributed by atoms with Gasteiger partial charge in [0.25, 0.3) is 5.69 Å². The first kappa shape index (κ1) is 14.5. The van der Waals surface area contributed by atoms with Crippen molar-refractivity contribution in [2.45, 2.75) is 18.6 Å². The molecule has 0 aliphatic carbocycles. The smallest absolute Gasteiger partial charge is 0.294 e. The van der Waals surface area contributed by atoms with Crippen LogP contribution in [0.4, 0.5) is 11.4 Å². The Hall–Kier alpha value is -2.06. The molecule has 0 N–H and O–H groups in total. The van der Waals surface area contributed by atoms with Crippen LogP contribution in [0.25, 0.3) is 0 Å². The van der Waals surface area contributed by atoms with Crippen LogP contribution in [0, 0.1) is 22.0 Å². The Bertz CT molecular complexity index is 807. The van der Waals surface area contributed by atoms with E-state index in [1.807, 2.05) is 0 Å². The molecule has 0 aromatic heterocycles. The number of nitro benzene ring substituents is 1. The van der Waals surface area contributed by atoms with E-state index in [1.165, 1.54) is 12.1 Å². The number of imide groups is 1. The van der Waals surface area contributed by atoms with Crippen molar-refractivity contribution in [3.05, 3.63) is 44.9 Å². The predicted molar refractivity (Wildman–Crippen MR) is 82.7 cm³/mol. The summed E-state index contributed by atoms with van der Waals surface area (Å²) in [5.74, 6) is -2.13. The van der Waals surface area contributed by atoms with Gasteiger partial charge in [-0.2, -0.15) is 0 Å². The zero-order chi connectivity index (χ0) is 16.5. The summed E-state index contributed by atoms with van der Waals surface area (Å²) in [4.78, 5) is 37.2. The summed E-state index contributed by atoms with van der Waals surface area (Å²) in [6.07, 6.45) is 3.14. The lowest BCUT2D eigenvalue weighted by Gasteiger charge is -2.24. The fourth-order valence-electron chi connectivity index (χ4n) is 3.72. The molecule has 0 radical (unpaired) electrons. The Morgan fingerprint density at radius 1 is 1.35 bits per heavy atom. The van der Waals surface area contributed by atoms with Gasteiger partial charge < -0.3 is 4.74 Å². The molecule has 2 amide bonds. The van der Waals surface area contributed by atoms with Crippen molar-refractivity contribution in [1.29, 1.82) is 0 Å². The number of hydrogen-bond donors (Lipinski definition) is 0. The van der Waals surface area contributed by atoms with Gasteiger partial charge in [-0.25, -0.2) is 4.90 Å². The number of amides is 2. The van der Waals surface area contributed by atoms with E-state index in [2.05, 4.69) is 15.9 Å². The number of ether oxygens (including phenoxy) is 1. The number of fused-ring (bicyclic) bond motifs is 5. The zero-order valence-corrected chi connectivity index (χ0v) is 13.5. The van der Waals surface area contributed by atoms with Gasteiger partial charge >= 0.3 is 0 Å². The van der Waals surface area contributed by atoms with Gasteiger partial charge in [-0.15, -0.1) is 0 Å². The summed E-state index contributed by atoms with van der Waals surface area (Å²) in [5, 5.41) is 11.3. The van der Waals surface area contributed by atoms with Gasteiger partial charge in [0.2, 0.25) is 11.8 Å². The molecular weight excluding hydrogens is 368 g/mol. The fraction of sp³-hybridized carbons (Fsp3) is 0.333. The van der Waals surface area contributed by atoms with Crippen LogP contribution in [0.15, 0.2) is 34.8 Å². The summed E-state index contributed by atoms with van der Waals surface area (Å²) in [7, 11) is 0. The van der Waals surface area contributed by atoms with E-state index in [9.17, 15) is 19.7 Å². The third-order valence-electron chi connectivity index (χ3n) is 4.70. The third kappa shape index (κ3) is 1.79. The normalized spacial score (nSPS) is 34.3. The molecule has 3 aliphatic heterocycles. The molecule has 4 atom stereocenters. The van der Waals surface area contributed by atoms with Crippen LogP contribution in [0.1, 0.15) is 6.92 Å². The van der Waals surface area contributed by atoms with Gasteiger partial charge in [0, 0.05) is 10.5 Å². The number of carbonyl (C=O) groups excluding carboxylic acids is 2. The van der Waals surface area contributed by atoms with Crippen molar-refractivity contribution in [2.24, 2.45) is 11.8 Å². The molecule has 1 aromatic carbocycles. The number of hydrogen-bond acceptors (Lipinski definition) is 5. The van der Waals surface area contributed by atoms with Crippen LogP contribution in [0.5, 0.6) is 0 Å². The highest BCUT2D eigenvalue weighted by atomic mass is 79.9. The molecule has 23 heavy (non-hydrogen) atoms. The number of benzene rings is 1. The van der Waals surface area contributed by atoms with Gasteiger partial charge in [-0.05, 0) is 19.1 Å². The third-order valence-corrected chi connectivity index (χ3v) is 5.20. The van der Waals surface area contributed by atoms with Crippen molar-refractivity contribution >= 4 is 39.1 Å². The van der Waals surface area contributed by atoms with E-state index in [1.54, 1.807) is 25.1 Å². The largest absolute Gasteiger partial charge is 0.362 e. The topological polar surface area (TPSA) is 89.8 Å². The molecule has 2 saturated heterocycles. The summed E-state index contributed by atoms with van der Waals surface area (Å²) in [6, 6.07) is 4.27. The Morgan fingerprint density at radius 3 is 2.74 bits per heavy atom. The van der Waals surface area contributed by atoms with Gasteiger partial charge in [-0.3, -0.25) is 19.7 Å². The lowest BCUT2D eigenvalue weighted by atomic mass is 9.78. The number of rotatable bonds is 2. The summed E-state index contributed by atoms with van der Waals surface area (Å²) in [6.45, 7) is 1.76. The van der Waals surface area contributed by atoms with Crippen LogP contribution in [0.3, 0.4) is 0 Å². The van der Waals surface area contributed by atoms with E-state index in [0.29, 0.717) is 4.47 Å². The first-order valence-corrected chi connectivity index (χ1v) is 7.82.